The van der Waals surface area contributed by atoms with E-state index in [0.717, 1.165) is 24.0 Å². The predicted molar refractivity (Wildman–Crippen MR) is 68.3 cm³/mol. The van der Waals surface area contributed by atoms with Crippen molar-refractivity contribution >= 4 is 15.9 Å². The Morgan fingerprint density at radius 2 is 2.00 bits per heavy atom. The first-order chi connectivity index (χ1) is 7.35. The summed E-state index contributed by atoms with van der Waals surface area (Å²) in [4.78, 5) is 2.62. The van der Waals surface area contributed by atoms with E-state index < -0.39 is 0 Å². The first-order valence-electron chi connectivity index (χ1n) is 5.70. The second-order valence-electron chi connectivity index (χ2n) is 4.26. The van der Waals surface area contributed by atoms with Gasteiger partial charge < -0.3 is 0 Å². The lowest BCUT2D eigenvalue weighted by Crippen LogP contribution is -2.55. The number of rotatable bonds is 4. The fourth-order valence-electron chi connectivity index (χ4n) is 2.35. The van der Waals surface area contributed by atoms with E-state index in [1.54, 1.807) is 0 Å². The Morgan fingerprint density at radius 1 is 1.27 bits per heavy atom. The van der Waals surface area contributed by atoms with E-state index in [-0.39, 0.29) is 0 Å². The summed E-state index contributed by atoms with van der Waals surface area (Å²) in [5.41, 5.74) is 1.43. The van der Waals surface area contributed by atoms with Crippen LogP contribution in [-0.2, 0) is 6.54 Å². The molecule has 2 rings (SSSR count). The minimum atomic E-state index is 0.746. The summed E-state index contributed by atoms with van der Waals surface area (Å²) in [7, 11) is 0. The van der Waals surface area contributed by atoms with E-state index in [1.165, 1.54) is 18.4 Å². The first kappa shape index (κ1) is 11.2. The quantitative estimate of drug-likeness (QED) is 0.756. The summed E-state index contributed by atoms with van der Waals surface area (Å²) in [5, 5.41) is 1.11. The van der Waals surface area contributed by atoms with Crippen LogP contribution in [0.2, 0.25) is 0 Å². The lowest BCUT2D eigenvalue weighted by Gasteiger charge is -2.48. The molecule has 0 aromatic heterocycles. The predicted octanol–water partition coefficient (Wildman–Crippen LogP) is 3.43. The Balaban J connectivity index is 1.98. The number of benzene rings is 1. The van der Waals surface area contributed by atoms with Crippen molar-refractivity contribution in [1.29, 1.82) is 0 Å². The van der Waals surface area contributed by atoms with Crippen molar-refractivity contribution in [3.63, 3.8) is 0 Å². The molecule has 2 heteroatoms. The van der Waals surface area contributed by atoms with Gasteiger partial charge >= 0.3 is 0 Å². The van der Waals surface area contributed by atoms with Crippen molar-refractivity contribution < 1.29 is 0 Å². The van der Waals surface area contributed by atoms with Crippen LogP contribution in [0.4, 0.5) is 0 Å². The highest BCUT2D eigenvalue weighted by Gasteiger charge is 2.35. The number of likely N-dealkylation sites (tertiary alicyclic amines) is 1. The van der Waals surface area contributed by atoms with Gasteiger partial charge in [0.25, 0.3) is 0 Å². The molecule has 1 heterocycles. The van der Waals surface area contributed by atoms with E-state index >= 15 is 0 Å². The van der Waals surface area contributed by atoms with Crippen LogP contribution in [-0.4, -0.2) is 22.3 Å². The molecule has 0 aliphatic carbocycles. The molecule has 82 valence electrons. The number of alkyl halides is 1. The van der Waals surface area contributed by atoms with Gasteiger partial charge in [0, 0.05) is 24.0 Å². The van der Waals surface area contributed by atoms with Crippen LogP contribution in [0.1, 0.15) is 25.3 Å². The Labute approximate surface area is 101 Å². The number of halogens is 1. The van der Waals surface area contributed by atoms with Gasteiger partial charge in [-0.2, -0.15) is 0 Å². The topological polar surface area (TPSA) is 3.24 Å². The molecule has 1 fully saturated rings. The number of nitrogens with zero attached hydrogens (tertiary/aromatic N) is 1. The van der Waals surface area contributed by atoms with Gasteiger partial charge in [-0.1, -0.05) is 53.2 Å². The molecule has 0 bridgehead atoms. The number of hydrogen-bond acceptors (Lipinski definition) is 1. The van der Waals surface area contributed by atoms with Crippen molar-refractivity contribution in [2.45, 2.75) is 38.4 Å². The van der Waals surface area contributed by atoms with Crippen LogP contribution in [0.25, 0.3) is 0 Å². The SMILES string of the molecule is CC[C@@H]1C[C@H](CBr)N1Cc1ccccc1. The molecule has 15 heavy (non-hydrogen) atoms. The third-order valence-electron chi connectivity index (χ3n) is 3.34. The molecule has 1 aliphatic rings. The molecule has 1 aliphatic heterocycles. The molecule has 1 nitrogen and oxygen atoms in total. The zero-order valence-corrected chi connectivity index (χ0v) is 10.8. The van der Waals surface area contributed by atoms with Crippen LogP contribution in [0.5, 0.6) is 0 Å². The fourth-order valence-corrected chi connectivity index (χ4v) is 2.99. The van der Waals surface area contributed by atoms with Crippen molar-refractivity contribution in [2.75, 3.05) is 5.33 Å². The highest BCUT2D eigenvalue weighted by atomic mass is 79.9. The lowest BCUT2D eigenvalue weighted by molar-refractivity contribution is 0.0193. The third kappa shape index (κ3) is 2.43. The molecule has 1 saturated heterocycles. The molecule has 0 unspecified atom stereocenters. The Kier molecular flexibility index (Phi) is 3.81. The summed E-state index contributed by atoms with van der Waals surface area (Å²) >= 11 is 3.60. The molecule has 0 radical (unpaired) electrons. The largest absolute Gasteiger partial charge is 0.292 e. The Bertz CT molecular complexity index is 289. The molecule has 0 spiro atoms. The van der Waals surface area contributed by atoms with Crippen molar-refractivity contribution in [3.8, 4) is 0 Å². The Hall–Kier alpha value is -0.340. The minimum absolute atomic E-state index is 0.746. The lowest BCUT2D eigenvalue weighted by atomic mass is 9.91. The molecule has 0 N–H and O–H groups in total. The van der Waals surface area contributed by atoms with Crippen LogP contribution in [0, 0.1) is 0 Å². The molecule has 0 amide bonds. The number of hydrogen-bond donors (Lipinski definition) is 0. The van der Waals surface area contributed by atoms with Gasteiger partial charge in [0.15, 0.2) is 0 Å². The van der Waals surface area contributed by atoms with E-state index in [0.29, 0.717) is 0 Å². The summed E-state index contributed by atoms with van der Waals surface area (Å²) in [5.74, 6) is 0. The van der Waals surface area contributed by atoms with Gasteiger partial charge in [-0.05, 0) is 18.4 Å². The fraction of sp³-hybridized carbons (Fsp3) is 0.538. The van der Waals surface area contributed by atoms with Gasteiger partial charge in [0.1, 0.15) is 0 Å². The van der Waals surface area contributed by atoms with Gasteiger partial charge in [-0.15, -0.1) is 0 Å². The normalized spacial score (nSPS) is 26.3. The summed E-state index contributed by atoms with van der Waals surface area (Å²) in [6.07, 6.45) is 2.63. The summed E-state index contributed by atoms with van der Waals surface area (Å²) < 4.78 is 0. The second kappa shape index (κ2) is 5.13. The average Bonchev–Trinajstić information content (AvgIpc) is 2.27. The highest BCUT2D eigenvalue weighted by molar-refractivity contribution is 9.09. The van der Waals surface area contributed by atoms with Gasteiger partial charge in [0.2, 0.25) is 0 Å². The molecule has 1 aromatic rings. The molecule has 0 saturated carbocycles. The van der Waals surface area contributed by atoms with Crippen LogP contribution < -0.4 is 0 Å². The smallest absolute Gasteiger partial charge is 0.0239 e. The first-order valence-corrected chi connectivity index (χ1v) is 6.83. The Morgan fingerprint density at radius 3 is 2.60 bits per heavy atom. The standard InChI is InChI=1S/C13H18BrN/c1-2-12-8-13(9-14)15(12)10-11-6-4-3-5-7-11/h3-7,12-13H,2,8-10H2,1H3/t12-,13-/m1/s1. The second-order valence-corrected chi connectivity index (χ2v) is 4.91. The van der Waals surface area contributed by atoms with E-state index in [1.807, 2.05) is 0 Å². The molecular weight excluding hydrogens is 250 g/mol. The summed E-state index contributed by atoms with van der Waals surface area (Å²) in [6, 6.07) is 12.3. The van der Waals surface area contributed by atoms with E-state index in [9.17, 15) is 0 Å². The molecule has 2 atom stereocenters. The van der Waals surface area contributed by atoms with Gasteiger partial charge in [-0.25, -0.2) is 0 Å². The summed E-state index contributed by atoms with van der Waals surface area (Å²) in [6.45, 7) is 3.39. The monoisotopic (exact) mass is 267 g/mol. The van der Waals surface area contributed by atoms with E-state index in [4.69, 9.17) is 0 Å². The van der Waals surface area contributed by atoms with Crippen LogP contribution in [0.15, 0.2) is 30.3 Å². The molecule has 1 aromatic carbocycles. The highest BCUT2D eigenvalue weighted by Crippen LogP contribution is 2.30. The average molecular weight is 268 g/mol. The van der Waals surface area contributed by atoms with Crippen molar-refractivity contribution in [3.05, 3.63) is 35.9 Å². The zero-order valence-electron chi connectivity index (χ0n) is 9.20. The van der Waals surface area contributed by atoms with Gasteiger partial charge in [0.05, 0.1) is 0 Å². The van der Waals surface area contributed by atoms with Gasteiger partial charge in [-0.3, -0.25) is 4.90 Å². The van der Waals surface area contributed by atoms with Crippen molar-refractivity contribution in [2.24, 2.45) is 0 Å². The third-order valence-corrected chi connectivity index (χ3v) is 4.09. The van der Waals surface area contributed by atoms with E-state index in [2.05, 4.69) is 58.1 Å². The maximum atomic E-state index is 3.60. The van der Waals surface area contributed by atoms with Crippen molar-refractivity contribution in [1.82, 2.24) is 4.90 Å². The minimum Gasteiger partial charge on any atom is -0.292 e. The van der Waals surface area contributed by atoms with Crippen LogP contribution in [0.3, 0.4) is 0 Å². The molecular formula is C13H18BrN. The van der Waals surface area contributed by atoms with Crippen LogP contribution >= 0.6 is 15.9 Å². The maximum Gasteiger partial charge on any atom is 0.0239 e. The maximum absolute atomic E-state index is 3.60. The zero-order chi connectivity index (χ0) is 10.7.